The summed E-state index contributed by atoms with van der Waals surface area (Å²) in [5, 5.41) is 16.7. The number of carbonyl (C=O) groups excluding carboxylic acids is 7. The molecule has 0 bridgehead atoms. The number of ether oxygens (including phenoxy) is 2. The summed E-state index contributed by atoms with van der Waals surface area (Å²) in [7, 11) is 0.917. The van der Waals surface area contributed by atoms with Gasteiger partial charge in [0.2, 0.25) is 5.91 Å². The molecule has 103 heavy (non-hydrogen) atoms. The maximum absolute atomic E-state index is 14.5. The van der Waals surface area contributed by atoms with E-state index in [2.05, 4.69) is 128 Å². The predicted octanol–water partition coefficient (Wildman–Crippen LogP) is 12.0. The smallest absolute Gasteiger partial charge is 0.411 e. The number of likely N-dealkylation sites (tertiary alicyclic amines) is 3. The van der Waals surface area contributed by atoms with Gasteiger partial charge in [0.05, 0.1) is 43.3 Å². The number of carbonyl (C=O) groups is 8. The van der Waals surface area contributed by atoms with Gasteiger partial charge in [-0.3, -0.25) is 38.5 Å². The van der Waals surface area contributed by atoms with Gasteiger partial charge in [0.25, 0.3) is 0 Å². The van der Waals surface area contributed by atoms with Gasteiger partial charge in [0.1, 0.15) is 79.6 Å². The standard InChI is InChI=1S/C28H26BrFN6O3.C17H22BrFN2O3.C12H14BrFN2O.C10H16FNO4.ClH.S3.S2.H2S/c1-16(37)28-22-10-18(19-12-31-17(2)32-13-19)6-8-23(22)36(34-28)15-27(39)35-14-20(30)11-24(35)25(38)9-7-21-4-3-5-26(29)33-21;1-17(2,3)24-16(23)21-10-11(19)9-13(21)14(22)8-7-12-5-4-6-15(18)20-12;13-12-3-1-2-9(16-12)4-5-11(17)10-6-8(14)7-15-10;1-10(2,3)16-9(15)12-5-6(11)4-7(12)8(13)14;;1-3-2;1-2;/h3-6,8,10,12-13,20,24H,7,9,11,14-15H2,1-2H3;4-6,11,13H,7-10H2,1-3H3;1-3,8,10,15H,4-7H2;6-7H,4-5H2,1-3H3,(H,13,14);1H;;;1H2/t20-,24+;11-,13+;8-,10+;6-,7+;;;;/m1111..../s1. The minimum atomic E-state index is -1.30. The van der Waals surface area contributed by atoms with E-state index in [-0.39, 0.29) is 119 Å². The number of hydrogen-bond acceptors (Lipinski definition) is 21. The number of ketones is 4. The molecule has 1 aromatic carbocycles. The summed E-state index contributed by atoms with van der Waals surface area (Å²) in [6, 6.07) is 19.0. The highest BCUT2D eigenvalue weighted by atomic mass is 79.9. The van der Waals surface area contributed by atoms with Crippen LogP contribution < -0.4 is 5.32 Å². The van der Waals surface area contributed by atoms with Crippen LogP contribution in [-0.2, 0) is 113 Å². The molecule has 2 N–H and O–H groups in total. The first-order valence-corrected chi connectivity index (χ1v) is 38.1. The Morgan fingerprint density at radius 1 is 0.612 bits per heavy atom. The Morgan fingerprint density at radius 3 is 1.42 bits per heavy atom. The average molecular weight is 1760 g/mol. The molecule has 6 aromatic rings. The van der Waals surface area contributed by atoms with Crippen molar-refractivity contribution in [2.24, 2.45) is 0 Å². The molecule has 4 fully saturated rings. The van der Waals surface area contributed by atoms with Gasteiger partial charge in [-0.15, -0.1) is 12.4 Å². The van der Waals surface area contributed by atoms with Crippen LogP contribution >= 0.6 is 73.7 Å². The third kappa shape index (κ3) is 29.8. The Labute approximate surface area is 656 Å². The molecule has 0 unspecified atom stereocenters. The van der Waals surface area contributed by atoms with Crippen LogP contribution in [0.15, 0.2) is 99.0 Å². The molecule has 4 aliphatic rings. The summed E-state index contributed by atoms with van der Waals surface area (Å²) in [5.74, 6) is -1.52. The fourth-order valence-electron chi connectivity index (χ4n) is 11.0. The molecule has 4 saturated heterocycles. The number of benzene rings is 1. The van der Waals surface area contributed by atoms with Crippen LogP contribution in [0.4, 0.5) is 27.2 Å². The van der Waals surface area contributed by atoms with Gasteiger partial charge >= 0.3 is 18.2 Å². The maximum Gasteiger partial charge on any atom is 0.411 e. The molecule has 0 aliphatic carbocycles. The lowest BCUT2D eigenvalue weighted by atomic mass is 10.0. The van der Waals surface area contributed by atoms with Crippen LogP contribution in [0.3, 0.4) is 0 Å². The van der Waals surface area contributed by atoms with Crippen LogP contribution in [0.25, 0.3) is 22.0 Å². The van der Waals surface area contributed by atoms with E-state index in [4.69, 9.17) is 14.6 Å². The van der Waals surface area contributed by atoms with E-state index in [1.165, 1.54) is 21.4 Å². The topological polar surface area (TPSA) is 279 Å². The van der Waals surface area contributed by atoms with Crippen molar-refractivity contribution in [1.29, 1.82) is 0 Å². The molecule has 36 heteroatoms. The third-order valence-corrected chi connectivity index (χ3v) is 16.8. The van der Waals surface area contributed by atoms with Crippen molar-refractivity contribution in [3.8, 4) is 11.1 Å². The Kier molecular flexibility index (Phi) is 38.9. The summed E-state index contributed by atoms with van der Waals surface area (Å²) >= 11 is 25.5. The lowest BCUT2D eigenvalue weighted by molar-refractivity contribution is -0.142. The molecule has 0 radical (unpaired) electrons. The van der Waals surface area contributed by atoms with Crippen molar-refractivity contribution in [2.75, 3.05) is 26.2 Å². The Hall–Kier alpha value is -5.76. The third-order valence-electron chi connectivity index (χ3n) is 15.5. The molecule has 9 heterocycles. The molecule has 4 aliphatic heterocycles. The lowest BCUT2D eigenvalue weighted by Gasteiger charge is -2.27. The number of carboxylic acids is 1. The first kappa shape index (κ1) is 91.4. The summed E-state index contributed by atoms with van der Waals surface area (Å²) in [4.78, 5) is 122. The monoisotopic (exact) mass is 1760 g/mol. The average Bonchev–Trinajstić information content (AvgIpc) is 1.64. The number of carboxylic acid groups (broad SMARTS) is 1. The number of rotatable bonds is 17. The van der Waals surface area contributed by atoms with E-state index in [9.17, 15) is 55.9 Å². The van der Waals surface area contributed by atoms with E-state index in [0.29, 0.717) is 64.6 Å². The molecule has 8 atom stereocenters. The number of amides is 3. The van der Waals surface area contributed by atoms with Crippen molar-refractivity contribution < 1.29 is 70.5 Å². The van der Waals surface area contributed by atoms with Gasteiger partial charge in [-0.2, -0.15) is 18.6 Å². The molecular formula is C67H81Br3ClF4N11O11S6. The first-order chi connectivity index (χ1) is 47.6. The van der Waals surface area contributed by atoms with Crippen LogP contribution in [0, 0.1) is 6.92 Å². The fourth-order valence-corrected chi connectivity index (χ4v) is 12.1. The number of halogens is 8. The van der Waals surface area contributed by atoms with Crippen LogP contribution in [0.2, 0.25) is 0 Å². The van der Waals surface area contributed by atoms with Crippen molar-refractivity contribution in [3.05, 3.63) is 128 Å². The van der Waals surface area contributed by atoms with Crippen molar-refractivity contribution in [3.63, 3.8) is 0 Å². The highest BCUT2D eigenvalue weighted by molar-refractivity contribution is 9.11. The summed E-state index contributed by atoms with van der Waals surface area (Å²) in [5.41, 5.74) is 3.40. The summed E-state index contributed by atoms with van der Waals surface area (Å²) in [6.45, 7) is 13.1. The second-order valence-electron chi connectivity index (χ2n) is 25.6. The van der Waals surface area contributed by atoms with Gasteiger partial charge in [0, 0.05) is 152 Å². The molecular weight excluding hydrogens is 1680 g/mol. The van der Waals surface area contributed by atoms with Crippen LogP contribution in [-0.4, -0.2) is 188 Å². The zero-order valence-electron chi connectivity index (χ0n) is 57.4. The molecule has 0 saturated carbocycles. The second-order valence-corrected chi connectivity index (χ2v) is 29.8. The van der Waals surface area contributed by atoms with Gasteiger partial charge in [0.15, 0.2) is 17.3 Å². The van der Waals surface area contributed by atoms with Crippen LogP contribution in [0.5, 0.6) is 0 Å². The highest BCUT2D eigenvalue weighted by Crippen LogP contribution is 2.30. The number of pyridine rings is 3. The number of aryl methyl sites for hydroxylation is 4. The van der Waals surface area contributed by atoms with E-state index < -0.39 is 78.1 Å². The van der Waals surface area contributed by atoms with E-state index in [1.54, 1.807) is 79.1 Å². The predicted molar refractivity (Wildman–Crippen MR) is 412 cm³/mol. The summed E-state index contributed by atoms with van der Waals surface area (Å²) < 4.78 is 68.1. The molecule has 562 valence electrons. The van der Waals surface area contributed by atoms with E-state index in [1.807, 2.05) is 54.6 Å². The van der Waals surface area contributed by atoms with Gasteiger partial charge < -0.3 is 24.8 Å². The van der Waals surface area contributed by atoms with Gasteiger partial charge in [-0.05, 0) is 170 Å². The van der Waals surface area contributed by atoms with E-state index in [0.717, 1.165) is 46.6 Å². The first-order valence-electron chi connectivity index (χ1n) is 31.7. The maximum atomic E-state index is 14.5. The van der Waals surface area contributed by atoms with Gasteiger partial charge in [-0.1, -0.05) is 24.3 Å². The molecule has 0 spiro atoms. The molecule has 22 nitrogen and oxygen atoms in total. The minimum absolute atomic E-state index is 0. The highest BCUT2D eigenvalue weighted by Gasteiger charge is 2.44. The number of nitrogens with one attached hydrogen (secondary N) is 1. The number of aliphatic carboxylic acids is 1. The van der Waals surface area contributed by atoms with Crippen LogP contribution in [0.1, 0.15) is 127 Å². The van der Waals surface area contributed by atoms with Crippen molar-refractivity contribution in [2.45, 2.75) is 186 Å². The largest absolute Gasteiger partial charge is 0.480 e. The number of nitrogens with zero attached hydrogens (tertiary/aromatic N) is 10. The number of aromatic nitrogens is 7. The number of alkyl halides is 4. The quantitative estimate of drug-likeness (QED) is 0.0487. The normalized spacial score (nSPS) is 19.4. The van der Waals surface area contributed by atoms with Gasteiger partial charge in [-0.25, -0.2) is 56.9 Å². The Balaban J connectivity index is 0.000000371. The second kappa shape index (κ2) is 43.8. The number of Topliss-reactive ketones (excluding diaryl/α,β-unsaturated/α-hetero) is 4. The SMILES string of the molecule is CC(=O)c1nn(CC(=O)N2C[C@H](F)C[C@H]2C(=O)CCc2cccc(Br)n2)c2ccc(-c3cnc(C)nc3)cc12.CC(C)(C)OC(=O)N1C[C@H](F)C[C@H]1C(=O)CCc1cccc(Br)n1.CC(C)(C)OC(=O)N1C[C@H](F)C[C@H]1C(=O)O.Cl.O=C(CCc1cccc(Br)n1)[C@@H]1C[C@@H](F)CN1.S.S=S.S=S=S. The summed E-state index contributed by atoms with van der Waals surface area (Å²) in [6.07, 6.45) is -0.309. The lowest BCUT2D eigenvalue weighted by Crippen LogP contribution is -2.43. The molecule has 3 amide bonds. The van der Waals surface area contributed by atoms with Crippen molar-refractivity contribution in [1.82, 2.24) is 54.7 Å². The minimum Gasteiger partial charge on any atom is -0.480 e. The fraction of sp³-hybridized carbons (Fsp3) is 0.493. The molecule has 5 aromatic heterocycles. The molecule has 10 rings (SSSR count). The Morgan fingerprint density at radius 2 is 1.02 bits per heavy atom. The number of fused-ring (bicyclic) bond motifs is 1. The zero-order valence-corrected chi connectivity index (χ0v) is 68.1. The van der Waals surface area contributed by atoms with E-state index >= 15 is 0 Å². The van der Waals surface area contributed by atoms with Crippen molar-refractivity contribution >= 4 is 185 Å². The number of hydrogen-bond donors (Lipinski definition) is 2. The zero-order chi connectivity index (χ0) is 75.1. The Bertz CT molecular complexity index is 3930.